The van der Waals surface area contributed by atoms with E-state index in [1.165, 1.54) is 6.42 Å². The predicted molar refractivity (Wildman–Crippen MR) is 63.8 cm³/mol. The van der Waals surface area contributed by atoms with Crippen LogP contribution in [-0.4, -0.2) is 16.3 Å². The average molecular weight is 240 g/mol. The zero-order valence-corrected chi connectivity index (χ0v) is 10.8. The standard InChI is InChI=1S/C7H12N4.C3H8.CO2/c1-7(2)5-4(3-9-7)6(8)11-10-5;1-3-2;2-1-3/h9H,3H2,1-2H3,(H3,8,10,11);3H2,1-2H3;. The van der Waals surface area contributed by atoms with Gasteiger partial charge in [-0.1, -0.05) is 20.3 Å². The Morgan fingerprint density at radius 3 is 2.29 bits per heavy atom. The first-order valence-corrected chi connectivity index (χ1v) is 5.52. The fourth-order valence-corrected chi connectivity index (χ4v) is 1.47. The minimum Gasteiger partial charge on any atom is -0.382 e. The van der Waals surface area contributed by atoms with E-state index < -0.39 is 0 Å². The molecule has 1 aliphatic rings. The molecule has 96 valence electrons. The van der Waals surface area contributed by atoms with Crippen LogP contribution in [0.5, 0.6) is 0 Å². The molecule has 0 spiro atoms. The van der Waals surface area contributed by atoms with Gasteiger partial charge in [0.2, 0.25) is 0 Å². The number of fused-ring (bicyclic) bond motifs is 1. The van der Waals surface area contributed by atoms with Gasteiger partial charge in [-0.05, 0) is 13.8 Å². The Kier molecular flexibility index (Phi) is 6.17. The molecule has 0 saturated heterocycles. The van der Waals surface area contributed by atoms with Crippen LogP contribution >= 0.6 is 0 Å². The molecule has 0 fully saturated rings. The number of rotatable bonds is 0. The lowest BCUT2D eigenvalue weighted by Gasteiger charge is -2.16. The summed E-state index contributed by atoms with van der Waals surface area (Å²) < 4.78 is 0. The van der Waals surface area contributed by atoms with E-state index in [1.54, 1.807) is 0 Å². The third-order valence-electron chi connectivity index (χ3n) is 2.23. The number of nitrogens with two attached hydrogens (primary N) is 1. The summed E-state index contributed by atoms with van der Waals surface area (Å²) in [5.41, 5.74) is 7.87. The second kappa shape index (κ2) is 6.83. The third kappa shape index (κ3) is 4.01. The van der Waals surface area contributed by atoms with Crippen LogP contribution < -0.4 is 11.1 Å². The van der Waals surface area contributed by atoms with Gasteiger partial charge in [0.25, 0.3) is 0 Å². The number of aromatic nitrogens is 2. The van der Waals surface area contributed by atoms with Gasteiger partial charge in [0.1, 0.15) is 5.82 Å². The van der Waals surface area contributed by atoms with Gasteiger partial charge < -0.3 is 11.1 Å². The highest BCUT2D eigenvalue weighted by Gasteiger charge is 2.32. The Labute approximate surface area is 101 Å². The SMILES string of the molecule is CC1(C)NCc2c(N)n[nH]c21.CCC.O=C=O. The van der Waals surface area contributed by atoms with E-state index in [4.69, 9.17) is 15.3 Å². The average Bonchev–Trinajstić information content (AvgIpc) is 2.73. The van der Waals surface area contributed by atoms with Crippen molar-refractivity contribution in [2.24, 2.45) is 0 Å². The monoisotopic (exact) mass is 240 g/mol. The van der Waals surface area contributed by atoms with Gasteiger partial charge in [0.15, 0.2) is 0 Å². The number of hydrogen-bond donors (Lipinski definition) is 3. The molecular formula is C11H20N4O2. The van der Waals surface area contributed by atoms with Gasteiger partial charge in [-0.3, -0.25) is 5.10 Å². The van der Waals surface area contributed by atoms with Gasteiger partial charge in [-0.15, -0.1) is 0 Å². The van der Waals surface area contributed by atoms with Crippen molar-refractivity contribution in [1.82, 2.24) is 15.5 Å². The van der Waals surface area contributed by atoms with Gasteiger partial charge in [0.05, 0.1) is 11.2 Å². The van der Waals surface area contributed by atoms with Crippen LogP contribution in [0.4, 0.5) is 5.82 Å². The van der Waals surface area contributed by atoms with Gasteiger partial charge in [0, 0.05) is 12.1 Å². The number of aromatic amines is 1. The van der Waals surface area contributed by atoms with Gasteiger partial charge >= 0.3 is 6.15 Å². The highest BCUT2D eigenvalue weighted by atomic mass is 16.2. The lowest BCUT2D eigenvalue weighted by Crippen LogP contribution is -2.29. The topological polar surface area (TPSA) is 101 Å². The maximum Gasteiger partial charge on any atom is 0.373 e. The smallest absolute Gasteiger partial charge is 0.373 e. The molecule has 0 unspecified atom stereocenters. The van der Waals surface area contributed by atoms with Gasteiger partial charge in [-0.25, -0.2) is 0 Å². The molecule has 17 heavy (non-hydrogen) atoms. The molecule has 1 aromatic heterocycles. The lowest BCUT2D eigenvalue weighted by molar-refractivity contribution is -0.191. The number of nitrogen functional groups attached to an aromatic ring is 1. The molecule has 0 atom stereocenters. The highest BCUT2D eigenvalue weighted by molar-refractivity contribution is 5.46. The molecule has 4 N–H and O–H groups in total. The first kappa shape index (κ1) is 15.3. The molecular weight excluding hydrogens is 220 g/mol. The number of nitrogens with one attached hydrogen (secondary N) is 2. The summed E-state index contributed by atoms with van der Waals surface area (Å²) in [6.45, 7) is 9.29. The van der Waals surface area contributed by atoms with Crippen LogP contribution in [0.2, 0.25) is 0 Å². The number of nitrogens with zero attached hydrogens (tertiary/aromatic N) is 1. The van der Waals surface area contributed by atoms with Crippen LogP contribution in [0.15, 0.2) is 0 Å². The number of hydrogen-bond acceptors (Lipinski definition) is 5. The summed E-state index contributed by atoms with van der Waals surface area (Å²) in [5.74, 6) is 0.623. The van der Waals surface area contributed by atoms with E-state index in [2.05, 4.69) is 43.2 Å². The van der Waals surface area contributed by atoms with Crippen molar-refractivity contribution in [2.45, 2.75) is 46.2 Å². The van der Waals surface area contributed by atoms with Crippen LogP contribution in [0.25, 0.3) is 0 Å². The quantitative estimate of drug-likeness (QED) is 0.631. The second-order valence-electron chi connectivity index (χ2n) is 4.23. The Morgan fingerprint density at radius 2 is 1.88 bits per heavy atom. The number of anilines is 1. The fourth-order valence-electron chi connectivity index (χ4n) is 1.47. The van der Waals surface area contributed by atoms with Crippen molar-refractivity contribution < 1.29 is 9.59 Å². The zero-order chi connectivity index (χ0) is 13.5. The first-order valence-electron chi connectivity index (χ1n) is 5.52. The molecule has 0 aromatic carbocycles. The summed E-state index contributed by atoms with van der Waals surface area (Å²) in [6, 6.07) is 0. The molecule has 1 aromatic rings. The van der Waals surface area contributed by atoms with E-state index in [-0.39, 0.29) is 11.7 Å². The van der Waals surface area contributed by atoms with Crippen molar-refractivity contribution in [3.63, 3.8) is 0 Å². The summed E-state index contributed by atoms with van der Waals surface area (Å²) in [6.07, 6.45) is 1.50. The summed E-state index contributed by atoms with van der Waals surface area (Å²) in [4.78, 5) is 16.2. The molecule has 2 rings (SSSR count). The molecule has 0 amide bonds. The Hall–Kier alpha value is -1.65. The molecule has 0 bridgehead atoms. The van der Waals surface area contributed by atoms with Gasteiger partial charge in [-0.2, -0.15) is 14.7 Å². The molecule has 0 saturated carbocycles. The number of carbonyl (C=O) groups excluding carboxylic acids is 2. The van der Waals surface area contributed by atoms with Crippen molar-refractivity contribution in [3.8, 4) is 0 Å². The van der Waals surface area contributed by atoms with E-state index in [1.807, 2.05) is 0 Å². The predicted octanol–water partition coefficient (Wildman–Crippen LogP) is 1.16. The Morgan fingerprint density at radius 1 is 1.41 bits per heavy atom. The molecule has 0 radical (unpaired) electrons. The molecule has 6 nitrogen and oxygen atoms in total. The first-order chi connectivity index (χ1) is 7.94. The van der Waals surface area contributed by atoms with Crippen LogP contribution in [0.3, 0.4) is 0 Å². The third-order valence-corrected chi connectivity index (χ3v) is 2.23. The minimum atomic E-state index is -0.0000463. The Bertz CT molecular complexity index is 379. The molecule has 2 heterocycles. The summed E-state index contributed by atoms with van der Waals surface area (Å²) >= 11 is 0. The Balaban J connectivity index is 0.000000366. The van der Waals surface area contributed by atoms with E-state index in [9.17, 15) is 0 Å². The minimum absolute atomic E-state index is 0.0000463. The highest BCUT2D eigenvalue weighted by Crippen LogP contribution is 2.30. The van der Waals surface area contributed by atoms with Crippen molar-refractivity contribution in [2.75, 3.05) is 5.73 Å². The van der Waals surface area contributed by atoms with E-state index in [0.717, 1.165) is 17.8 Å². The van der Waals surface area contributed by atoms with Crippen molar-refractivity contribution >= 4 is 12.0 Å². The molecule has 1 aliphatic heterocycles. The van der Waals surface area contributed by atoms with Crippen LogP contribution in [-0.2, 0) is 21.7 Å². The summed E-state index contributed by atoms with van der Waals surface area (Å²) in [7, 11) is 0. The maximum absolute atomic E-state index is 8.12. The van der Waals surface area contributed by atoms with E-state index >= 15 is 0 Å². The van der Waals surface area contributed by atoms with Crippen LogP contribution in [0, 0.1) is 0 Å². The van der Waals surface area contributed by atoms with E-state index in [0.29, 0.717) is 5.82 Å². The van der Waals surface area contributed by atoms with Crippen LogP contribution in [0.1, 0.15) is 45.4 Å². The maximum atomic E-state index is 8.12. The fraction of sp³-hybridized carbons (Fsp3) is 0.636. The van der Waals surface area contributed by atoms with Crippen molar-refractivity contribution in [1.29, 1.82) is 0 Å². The second-order valence-corrected chi connectivity index (χ2v) is 4.23. The molecule has 0 aliphatic carbocycles. The lowest BCUT2D eigenvalue weighted by atomic mass is 10.0. The number of H-pyrrole nitrogens is 1. The largest absolute Gasteiger partial charge is 0.382 e. The normalized spacial score (nSPS) is 14.6. The molecule has 6 heteroatoms. The summed E-state index contributed by atoms with van der Waals surface area (Å²) in [5, 5.41) is 10.2. The van der Waals surface area contributed by atoms with Crippen molar-refractivity contribution in [3.05, 3.63) is 11.3 Å². The zero-order valence-electron chi connectivity index (χ0n) is 10.8.